The molecule has 1 amide bonds. The van der Waals surface area contributed by atoms with E-state index in [9.17, 15) is 21.6 Å². The summed E-state index contributed by atoms with van der Waals surface area (Å²) < 4.78 is 58.8. The first-order valence-corrected chi connectivity index (χ1v) is 13.8. The Morgan fingerprint density at radius 1 is 1.11 bits per heavy atom. The van der Waals surface area contributed by atoms with E-state index in [1.807, 2.05) is 0 Å². The summed E-state index contributed by atoms with van der Waals surface area (Å²) in [7, 11) is -7.67. The number of aromatic nitrogens is 2. The smallest absolute Gasteiger partial charge is 0.267 e. The SMILES string of the molecule is Cc1ccnc(NS(=O)(=O)c2ccc(NC(=O)[C@H]3CN(S(C)(=O)=O)c4cc(Cl)ccc4O3)cc2)n1. The molecule has 0 fully saturated rings. The number of nitrogens with zero attached hydrogens (tertiary/aromatic N) is 3. The molecule has 3 aromatic rings. The van der Waals surface area contributed by atoms with Gasteiger partial charge >= 0.3 is 0 Å². The van der Waals surface area contributed by atoms with Gasteiger partial charge in [0.05, 0.1) is 23.4 Å². The molecule has 14 heteroatoms. The van der Waals surface area contributed by atoms with Crippen molar-refractivity contribution in [2.45, 2.75) is 17.9 Å². The van der Waals surface area contributed by atoms with Gasteiger partial charge in [0, 0.05) is 22.6 Å². The van der Waals surface area contributed by atoms with E-state index in [4.69, 9.17) is 16.3 Å². The Balaban J connectivity index is 1.49. The van der Waals surface area contributed by atoms with Gasteiger partial charge in [-0.25, -0.2) is 31.5 Å². The fourth-order valence-electron chi connectivity index (χ4n) is 3.29. The Bertz CT molecular complexity index is 1500. The second-order valence-electron chi connectivity index (χ2n) is 7.65. The lowest BCUT2D eigenvalue weighted by atomic mass is 10.2. The summed E-state index contributed by atoms with van der Waals surface area (Å²) in [6, 6.07) is 11.5. The van der Waals surface area contributed by atoms with Crippen LogP contribution in [0.15, 0.2) is 59.6 Å². The average Bonchev–Trinajstić information content (AvgIpc) is 2.77. The highest BCUT2D eigenvalue weighted by atomic mass is 35.5. The van der Waals surface area contributed by atoms with E-state index in [0.29, 0.717) is 10.7 Å². The summed E-state index contributed by atoms with van der Waals surface area (Å²) in [5.74, 6) is -0.480. The molecule has 11 nitrogen and oxygen atoms in total. The van der Waals surface area contributed by atoms with Crippen LogP contribution in [0.3, 0.4) is 0 Å². The quantitative estimate of drug-likeness (QED) is 0.487. The van der Waals surface area contributed by atoms with Crippen LogP contribution < -0.4 is 19.1 Å². The van der Waals surface area contributed by atoms with Gasteiger partial charge in [-0.2, -0.15) is 0 Å². The van der Waals surface area contributed by atoms with Crippen molar-refractivity contribution in [1.82, 2.24) is 9.97 Å². The maximum Gasteiger partial charge on any atom is 0.267 e. The second kappa shape index (κ2) is 9.32. The minimum absolute atomic E-state index is 0.0613. The van der Waals surface area contributed by atoms with Crippen LogP contribution >= 0.6 is 11.6 Å². The lowest BCUT2D eigenvalue weighted by Crippen LogP contribution is -2.48. The molecule has 4 rings (SSSR count). The summed E-state index contributed by atoms with van der Waals surface area (Å²) in [6.45, 7) is 1.45. The highest BCUT2D eigenvalue weighted by Crippen LogP contribution is 2.37. The number of carbonyl (C=O) groups excluding carboxylic acids is 1. The molecule has 1 aromatic heterocycles. The number of hydrogen-bond acceptors (Lipinski definition) is 8. The van der Waals surface area contributed by atoms with Crippen LogP contribution in [0.1, 0.15) is 5.69 Å². The molecule has 0 saturated carbocycles. The van der Waals surface area contributed by atoms with E-state index in [1.54, 1.807) is 13.0 Å². The van der Waals surface area contributed by atoms with Crippen molar-refractivity contribution in [3.05, 3.63) is 65.4 Å². The minimum atomic E-state index is -3.95. The van der Waals surface area contributed by atoms with E-state index in [2.05, 4.69) is 20.0 Å². The second-order valence-corrected chi connectivity index (χ2v) is 11.7. The fraction of sp³-hybridized carbons (Fsp3) is 0.190. The standard InChI is InChI=1S/C21H20ClN5O6S2/c1-13-9-10-23-21(24-13)26-35(31,32)16-6-4-15(5-7-16)25-20(28)19-12-27(34(2,29)30)17-11-14(22)3-8-18(17)33-19/h3-11,19H,12H2,1-2H3,(H,25,28)(H,23,24,26)/t19-/m1/s1. The normalized spacial score (nSPS) is 15.6. The Morgan fingerprint density at radius 3 is 2.49 bits per heavy atom. The van der Waals surface area contributed by atoms with E-state index in [0.717, 1.165) is 10.6 Å². The van der Waals surface area contributed by atoms with Crippen LogP contribution in [-0.2, 0) is 24.8 Å². The molecule has 1 aliphatic rings. The van der Waals surface area contributed by atoms with Crippen molar-refractivity contribution in [1.29, 1.82) is 0 Å². The molecule has 35 heavy (non-hydrogen) atoms. The lowest BCUT2D eigenvalue weighted by Gasteiger charge is -2.34. The van der Waals surface area contributed by atoms with E-state index >= 15 is 0 Å². The summed E-state index contributed by atoms with van der Waals surface area (Å²) in [5.41, 5.74) is 1.13. The number of hydrogen-bond donors (Lipinski definition) is 2. The number of anilines is 3. The number of benzene rings is 2. The average molecular weight is 538 g/mol. The van der Waals surface area contributed by atoms with Gasteiger partial charge < -0.3 is 10.1 Å². The van der Waals surface area contributed by atoms with Crippen LogP contribution in [0.25, 0.3) is 0 Å². The van der Waals surface area contributed by atoms with Crippen molar-refractivity contribution in [3.63, 3.8) is 0 Å². The van der Waals surface area contributed by atoms with Gasteiger partial charge in [-0.3, -0.25) is 9.10 Å². The largest absolute Gasteiger partial charge is 0.476 e. The highest BCUT2D eigenvalue weighted by Gasteiger charge is 2.35. The van der Waals surface area contributed by atoms with Crippen molar-refractivity contribution in [3.8, 4) is 5.75 Å². The highest BCUT2D eigenvalue weighted by molar-refractivity contribution is 7.92. The molecular formula is C21H20ClN5O6S2. The number of fused-ring (bicyclic) bond motifs is 1. The van der Waals surface area contributed by atoms with Gasteiger partial charge in [0.1, 0.15) is 5.75 Å². The number of carbonyl (C=O) groups is 1. The Morgan fingerprint density at radius 2 is 1.83 bits per heavy atom. The monoisotopic (exact) mass is 537 g/mol. The molecule has 0 radical (unpaired) electrons. The molecule has 0 unspecified atom stereocenters. The zero-order valence-corrected chi connectivity index (χ0v) is 20.9. The van der Waals surface area contributed by atoms with Crippen LogP contribution in [0, 0.1) is 6.92 Å². The summed E-state index contributed by atoms with van der Waals surface area (Å²) in [6.07, 6.45) is 1.30. The van der Waals surface area contributed by atoms with Gasteiger partial charge in [0.15, 0.2) is 6.10 Å². The number of amides is 1. The Labute approximate surface area is 207 Å². The number of aryl methyl sites for hydroxylation is 1. The van der Waals surface area contributed by atoms with E-state index in [1.165, 1.54) is 48.7 Å². The minimum Gasteiger partial charge on any atom is -0.476 e. The Hall–Kier alpha value is -3.42. The van der Waals surface area contributed by atoms with Crippen LogP contribution in [0.5, 0.6) is 5.75 Å². The molecule has 2 N–H and O–H groups in total. The van der Waals surface area contributed by atoms with E-state index < -0.39 is 32.1 Å². The first-order valence-electron chi connectivity index (χ1n) is 10.1. The molecule has 0 saturated heterocycles. The number of nitrogens with one attached hydrogen (secondary N) is 2. The third kappa shape index (κ3) is 5.63. The first kappa shape index (κ1) is 24.7. The molecule has 184 valence electrons. The number of sulfonamides is 2. The van der Waals surface area contributed by atoms with Crippen molar-refractivity contribution in [2.24, 2.45) is 0 Å². The van der Waals surface area contributed by atoms with E-state index in [-0.39, 0.29) is 34.5 Å². The van der Waals surface area contributed by atoms with Gasteiger partial charge in [-0.15, -0.1) is 0 Å². The van der Waals surface area contributed by atoms with Gasteiger partial charge in [-0.05, 0) is 55.5 Å². The molecular weight excluding hydrogens is 518 g/mol. The molecule has 0 bridgehead atoms. The topological polar surface area (TPSA) is 148 Å². The third-order valence-corrected chi connectivity index (χ3v) is 7.66. The molecule has 1 atom stereocenters. The summed E-state index contributed by atoms with van der Waals surface area (Å²) in [5, 5.41) is 2.93. The van der Waals surface area contributed by atoms with Crippen molar-refractivity contribution in [2.75, 3.05) is 27.1 Å². The van der Waals surface area contributed by atoms with Crippen molar-refractivity contribution >= 4 is 54.9 Å². The van der Waals surface area contributed by atoms with Crippen LogP contribution in [0.2, 0.25) is 5.02 Å². The predicted octanol–water partition coefficient (Wildman–Crippen LogP) is 2.40. The zero-order valence-electron chi connectivity index (χ0n) is 18.5. The zero-order chi connectivity index (χ0) is 25.4. The summed E-state index contributed by atoms with van der Waals surface area (Å²) in [4.78, 5) is 20.7. The maximum atomic E-state index is 12.8. The number of halogens is 1. The first-order chi connectivity index (χ1) is 16.4. The van der Waals surface area contributed by atoms with Crippen LogP contribution in [-0.4, -0.2) is 51.6 Å². The number of rotatable bonds is 6. The van der Waals surface area contributed by atoms with Crippen molar-refractivity contribution < 1.29 is 26.4 Å². The van der Waals surface area contributed by atoms with Crippen LogP contribution in [0.4, 0.5) is 17.3 Å². The number of ether oxygens (including phenoxy) is 1. The Kier molecular flexibility index (Phi) is 6.58. The maximum absolute atomic E-state index is 12.8. The lowest BCUT2D eigenvalue weighted by molar-refractivity contribution is -0.122. The third-order valence-electron chi connectivity index (χ3n) is 4.94. The summed E-state index contributed by atoms with van der Waals surface area (Å²) >= 11 is 5.98. The fourth-order valence-corrected chi connectivity index (χ4v) is 5.32. The molecule has 0 aliphatic carbocycles. The van der Waals surface area contributed by atoms with Gasteiger partial charge in [0.2, 0.25) is 16.0 Å². The predicted molar refractivity (Wildman–Crippen MR) is 131 cm³/mol. The molecule has 2 heterocycles. The van der Waals surface area contributed by atoms with Gasteiger partial charge in [0.25, 0.3) is 15.9 Å². The molecule has 0 spiro atoms. The molecule has 1 aliphatic heterocycles. The molecule has 2 aromatic carbocycles. The van der Waals surface area contributed by atoms with Gasteiger partial charge in [-0.1, -0.05) is 11.6 Å².